The third-order valence-corrected chi connectivity index (χ3v) is 4.83. The molecule has 9 nitrogen and oxygen atoms in total. The maximum Gasteiger partial charge on any atom is 0.269 e. The predicted molar refractivity (Wildman–Crippen MR) is 96.8 cm³/mol. The zero-order valence-corrected chi connectivity index (χ0v) is 15.5. The van der Waals surface area contributed by atoms with Crippen LogP contribution in [0.2, 0.25) is 0 Å². The molecular weight excluding hydrogens is 346 g/mol. The fraction of sp³-hybridized carbons (Fsp3) is 0.444. The van der Waals surface area contributed by atoms with Crippen molar-refractivity contribution >= 4 is 5.91 Å². The number of carbonyl (C=O) groups excluding carboxylic acids is 1. The topological polar surface area (TPSA) is 94.0 Å². The van der Waals surface area contributed by atoms with Crippen LogP contribution in [0.4, 0.5) is 0 Å². The first-order chi connectivity index (χ1) is 13.1. The van der Waals surface area contributed by atoms with Crippen LogP contribution in [0.15, 0.2) is 35.1 Å². The zero-order chi connectivity index (χ0) is 18.8. The van der Waals surface area contributed by atoms with Gasteiger partial charge in [0.2, 0.25) is 0 Å². The summed E-state index contributed by atoms with van der Waals surface area (Å²) in [6, 6.07) is 5.92. The minimum Gasteiger partial charge on any atom is -0.361 e. The van der Waals surface area contributed by atoms with Gasteiger partial charge in [-0.25, -0.2) is 0 Å². The molecule has 1 unspecified atom stereocenters. The van der Waals surface area contributed by atoms with Crippen LogP contribution < -0.4 is 5.32 Å². The first kappa shape index (κ1) is 17.5. The molecule has 3 aromatic heterocycles. The third kappa shape index (κ3) is 3.77. The van der Waals surface area contributed by atoms with Gasteiger partial charge < -0.3 is 9.84 Å². The lowest BCUT2D eigenvalue weighted by molar-refractivity contribution is 0.0937. The number of amides is 1. The number of rotatable bonds is 6. The van der Waals surface area contributed by atoms with Crippen molar-refractivity contribution in [2.75, 3.05) is 13.1 Å². The minimum absolute atomic E-state index is 0.110. The van der Waals surface area contributed by atoms with Gasteiger partial charge in [-0.3, -0.25) is 19.1 Å². The van der Waals surface area contributed by atoms with Gasteiger partial charge in [0.25, 0.3) is 5.91 Å². The summed E-state index contributed by atoms with van der Waals surface area (Å²) in [6.45, 7) is 4.88. The maximum atomic E-state index is 12.2. The molecule has 142 valence electrons. The number of hydrogen-bond acceptors (Lipinski definition) is 6. The fourth-order valence-corrected chi connectivity index (χ4v) is 3.56. The molecule has 4 rings (SSSR count). The molecule has 0 fully saturated rings. The Balaban J connectivity index is 1.38. The number of nitrogens with zero attached hydrogens (tertiary/aromatic N) is 6. The monoisotopic (exact) mass is 369 g/mol. The molecule has 3 aromatic rings. The van der Waals surface area contributed by atoms with Gasteiger partial charge in [-0.2, -0.15) is 10.2 Å². The van der Waals surface area contributed by atoms with Crippen molar-refractivity contribution < 1.29 is 9.32 Å². The quantitative estimate of drug-likeness (QED) is 0.704. The first-order valence-electron chi connectivity index (χ1n) is 9.03. The largest absolute Gasteiger partial charge is 0.361 e. The van der Waals surface area contributed by atoms with Crippen LogP contribution in [0.25, 0.3) is 0 Å². The fourth-order valence-electron chi connectivity index (χ4n) is 3.56. The third-order valence-electron chi connectivity index (χ3n) is 4.83. The Hall–Kier alpha value is -2.94. The van der Waals surface area contributed by atoms with Crippen molar-refractivity contribution in [2.45, 2.75) is 32.5 Å². The summed E-state index contributed by atoms with van der Waals surface area (Å²) < 4.78 is 8.82. The molecular formula is C18H23N7O2. The maximum absolute atomic E-state index is 12.2. The summed E-state index contributed by atoms with van der Waals surface area (Å²) in [4.78, 5) is 14.6. The van der Waals surface area contributed by atoms with Crippen molar-refractivity contribution in [3.05, 3.63) is 53.4 Å². The van der Waals surface area contributed by atoms with E-state index in [0.717, 1.165) is 37.5 Å². The van der Waals surface area contributed by atoms with Crippen LogP contribution >= 0.6 is 0 Å². The van der Waals surface area contributed by atoms with Crippen LogP contribution in [0, 0.1) is 6.92 Å². The average molecular weight is 369 g/mol. The summed E-state index contributed by atoms with van der Waals surface area (Å²) in [7, 11) is 1.76. The second-order valence-electron chi connectivity index (χ2n) is 6.90. The molecule has 0 aliphatic carbocycles. The molecule has 1 N–H and O–H groups in total. The Morgan fingerprint density at radius 1 is 1.33 bits per heavy atom. The summed E-state index contributed by atoms with van der Waals surface area (Å²) in [6.07, 6.45) is 4.25. The second kappa shape index (κ2) is 7.36. The summed E-state index contributed by atoms with van der Waals surface area (Å²) in [5.74, 6) is 0.711. The highest BCUT2D eigenvalue weighted by molar-refractivity contribution is 5.92. The molecule has 0 saturated carbocycles. The van der Waals surface area contributed by atoms with Gasteiger partial charge in [0.05, 0.1) is 17.4 Å². The molecule has 0 spiro atoms. The second-order valence-corrected chi connectivity index (χ2v) is 6.90. The van der Waals surface area contributed by atoms with E-state index in [-0.39, 0.29) is 11.9 Å². The number of fused-ring (bicyclic) bond motifs is 1. The van der Waals surface area contributed by atoms with Crippen molar-refractivity contribution in [3.63, 3.8) is 0 Å². The van der Waals surface area contributed by atoms with Gasteiger partial charge in [-0.1, -0.05) is 5.16 Å². The van der Waals surface area contributed by atoms with E-state index in [1.807, 2.05) is 25.3 Å². The average Bonchev–Trinajstić information content (AvgIpc) is 3.36. The van der Waals surface area contributed by atoms with E-state index in [1.165, 1.54) is 5.69 Å². The highest BCUT2D eigenvalue weighted by atomic mass is 16.5. The SMILES string of the molecule is Cc1cc(CN2Cc3ccnn3C(CCNC(=O)c3ccnn3C)C2)no1. The van der Waals surface area contributed by atoms with E-state index in [4.69, 9.17) is 4.52 Å². The van der Waals surface area contributed by atoms with E-state index >= 15 is 0 Å². The number of carbonyl (C=O) groups is 1. The Labute approximate surface area is 156 Å². The van der Waals surface area contributed by atoms with E-state index in [1.54, 1.807) is 24.0 Å². The zero-order valence-electron chi connectivity index (χ0n) is 15.5. The smallest absolute Gasteiger partial charge is 0.269 e. The molecule has 1 aliphatic rings. The first-order valence-corrected chi connectivity index (χ1v) is 9.03. The van der Waals surface area contributed by atoms with Gasteiger partial charge in [-0.15, -0.1) is 0 Å². The van der Waals surface area contributed by atoms with Gasteiger partial charge in [0.1, 0.15) is 11.5 Å². The molecule has 0 bridgehead atoms. The highest BCUT2D eigenvalue weighted by Gasteiger charge is 2.26. The van der Waals surface area contributed by atoms with E-state index < -0.39 is 0 Å². The summed E-state index contributed by atoms with van der Waals surface area (Å²) in [5, 5.41) is 15.6. The van der Waals surface area contributed by atoms with Gasteiger partial charge in [0.15, 0.2) is 0 Å². The number of nitrogens with one attached hydrogen (secondary N) is 1. The molecule has 0 aromatic carbocycles. The van der Waals surface area contributed by atoms with Crippen LogP contribution in [0.1, 0.15) is 40.1 Å². The lowest BCUT2D eigenvalue weighted by Crippen LogP contribution is -2.39. The standard InChI is InChI=1S/C18H23N7O2/c1-13-9-14(22-27-13)10-24-11-15(25-16(12-24)4-7-21-25)3-6-19-18(26)17-5-8-20-23(17)2/h4-5,7-9,15H,3,6,10-12H2,1-2H3,(H,19,26). The van der Waals surface area contributed by atoms with E-state index in [2.05, 4.69) is 30.3 Å². The van der Waals surface area contributed by atoms with Crippen LogP contribution in [0.5, 0.6) is 0 Å². The Morgan fingerprint density at radius 3 is 2.93 bits per heavy atom. The summed E-state index contributed by atoms with van der Waals surface area (Å²) in [5.41, 5.74) is 2.66. The molecule has 1 aliphatic heterocycles. The van der Waals surface area contributed by atoms with Crippen molar-refractivity contribution in [1.29, 1.82) is 0 Å². The molecule has 27 heavy (non-hydrogen) atoms. The lowest BCUT2D eigenvalue weighted by Gasteiger charge is -2.33. The minimum atomic E-state index is -0.110. The number of aromatic nitrogens is 5. The molecule has 4 heterocycles. The van der Waals surface area contributed by atoms with Crippen molar-refractivity contribution in [1.82, 2.24) is 34.9 Å². The Morgan fingerprint density at radius 2 is 2.19 bits per heavy atom. The van der Waals surface area contributed by atoms with Gasteiger partial charge in [-0.05, 0) is 25.5 Å². The number of hydrogen-bond donors (Lipinski definition) is 1. The Kier molecular flexibility index (Phi) is 4.76. The molecule has 0 saturated heterocycles. The lowest BCUT2D eigenvalue weighted by atomic mass is 10.1. The molecule has 1 atom stereocenters. The molecule has 9 heteroatoms. The molecule has 1 amide bonds. The summed E-state index contributed by atoms with van der Waals surface area (Å²) >= 11 is 0. The van der Waals surface area contributed by atoms with Crippen LogP contribution in [-0.4, -0.2) is 48.6 Å². The van der Waals surface area contributed by atoms with E-state index in [0.29, 0.717) is 12.2 Å². The number of aryl methyl sites for hydroxylation is 2. The normalized spacial score (nSPS) is 17.0. The van der Waals surface area contributed by atoms with E-state index in [9.17, 15) is 4.79 Å². The molecule has 0 radical (unpaired) electrons. The predicted octanol–water partition coefficient (Wildman–Crippen LogP) is 1.29. The Bertz CT molecular complexity index is 926. The van der Waals surface area contributed by atoms with Gasteiger partial charge in [0, 0.05) is 51.7 Å². The van der Waals surface area contributed by atoms with Crippen molar-refractivity contribution in [3.8, 4) is 0 Å². The van der Waals surface area contributed by atoms with Crippen LogP contribution in [-0.2, 0) is 20.1 Å². The van der Waals surface area contributed by atoms with Crippen molar-refractivity contribution in [2.24, 2.45) is 7.05 Å². The van der Waals surface area contributed by atoms with Crippen LogP contribution in [0.3, 0.4) is 0 Å². The van der Waals surface area contributed by atoms with Gasteiger partial charge >= 0.3 is 0 Å². The highest BCUT2D eigenvalue weighted by Crippen LogP contribution is 2.24.